The molecule has 2 unspecified atom stereocenters. The Hall–Kier alpha value is -3.36. The van der Waals surface area contributed by atoms with Crippen LogP contribution in [0.3, 0.4) is 0 Å². The lowest BCUT2D eigenvalue weighted by atomic mass is 9.78. The number of ketones is 2. The van der Waals surface area contributed by atoms with Gasteiger partial charge in [-0.2, -0.15) is 0 Å². The fourth-order valence-corrected chi connectivity index (χ4v) is 6.40. The number of carbonyl (C=O) groups excluding carboxylic acids is 2. The molecular formula is C40H60N4O4. The molecule has 1 fully saturated rings. The van der Waals surface area contributed by atoms with Gasteiger partial charge in [0.05, 0.1) is 37.5 Å². The molecule has 8 nitrogen and oxygen atoms in total. The molecular weight excluding hydrogens is 600 g/mol. The highest BCUT2D eigenvalue weighted by atomic mass is 16.5. The van der Waals surface area contributed by atoms with Crippen LogP contribution in [0.15, 0.2) is 58.5 Å². The van der Waals surface area contributed by atoms with Crippen molar-refractivity contribution in [3.05, 3.63) is 59.7 Å². The van der Waals surface area contributed by atoms with E-state index in [0.717, 1.165) is 102 Å². The predicted molar refractivity (Wildman–Crippen MR) is 198 cm³/mol. The Morgan fingerprint density at radius 1 is 0.583 bits per heavy atom. The number of carbonyl (C=O) groups is 2. The molecule has 0 N–H and O–H groups in total. The molecule has 1 aliphatic rings. The zero-order chi connectivity index (χ0) is 34.7. The number of methoxy groups -OCH3 is 2. The minimum Gasteiger partial charge on any atom is -0.496 e. The summed E-state index contributed by atoms with van der Waals surface area (Å²) in [6.45, 7) is 15.0. The molecule has 0 bridgehead atoms. The number of nitrogens with zero attached hydrogens (tertiary/aromatic N) is 4. The fraction of sp³-hybridized carbons (Fsp3) is 0.600. The van der Waals surface area contributed by atoms with E-state index in [4.69, 9.17) is 9.47 Å². The topological polar surface area (TPSA) is 83.8 Å². The molecule has 1 aliphatic carbocycles. The highest BCUT2D eigenvalue weighted by Gasteiger charge is 2.40. The number of unbranched alkanes of at least 4 members (excludes halogenated alkanes) is 6. The van der Waals surface area contributed by atoms with Crippen LogP contribution >= 0.6 is 0 Å². The van der Waals surface area contributed by atoms with Gasteiger partial charge in [0.1, 0.15) is 11.5 Å². The first-order valence-electron chi connectivity index (χ1n) is 18.2. The summed E-state index contributed by atoms with van der Waals surface area (Å²) in [6.07, 6.45) is 8.41. The van der Waals surface area contributed by atoms with E-state index in [9.17, 15) is 9.59 Å². The van der Waals surface area contributed by atoms with E-state index in [0.29, 0.717) is 24.5 Å². The molecule has 2 aromatic rings. The van der Waals surface area contributed by atoms with Crippen molar-refractivity contribution in [3.8, 4) is 11.5 Å². The lowest BCUT2D eigenvalue weighted by Crippen LogP contribution is -2.46. The molecule has 0 saturated heterocycles. The highest BCUT2D eigenvalue weighted by molar-refractivity contribution is 6.62. The number of para-hydroxylation sites is 2. The third kappa shape index (κ3) is 12.0. The third-order valence-electron chi connectivity index (χ3n) is 9.51. The first-order chi connectivity index (χ1) is 23.3. The summed E-state index contributed by atoms with van der Waals surface area (Å²) in [6, 6.07) is 16.4. The van der Waals surface area contributed by atoms with Crippen LogP contribution in [0.2, 0.25) is 0 Å². The zero-order valence-electron chi connectivity index (χ0n) is 30.5. The molecule has 0 amide bonds. The van der Waals surface area contributed by atoms with Crippen LogP contribution in [-0.4, -0.2) is 86.3 Å². The standard InChI is InChI=1S/C40H60N4O4/c1-7-43(29-33-21-13-15-23-35(33)47-5)27-19-11-9-17-25-41-37-31(3)40(46)38(32(4)39(37)45)42-26-18-10-12-20-28-44(8-2)30-34-22-14-16-24-36(34)48-6/h13-16,21-24,31-32H,7-12,17-20,25-30H2,1-6H3. The Morgan fingerprint density at radius 3 is 1.33 bits per heavy atom. The van der Waals surface area contributed by atoms with Crippen LogP contribution < -0.4 is 9.47 Å². The number of benzene rings is 2. The van der Waals surface area contributed by atoms with Gasteiger partial charge in [-0.05, 0) is 77.8 Å². The number of Topliss-reactive ketones (excluding diaryl/α,β-unsaturated/α-hetero) is 2. The molecule has 0 heterocycles. The molecule has 0 spiro atoms. The predicted octanol–water partition coefficient (Wildman–Crippen LogP) is 7.47. The maximum atomic E-state index is 13.2. The van der Waals surface area contributed by atoms with Gasteiger partial charge in [0, 0.05) is 37.3 Å². The van der Waals surface area contributed by atoms with Gasteiger partial charge in [0.15, 0.2) is 11.6 Å². The number of aliphatic imine (C=N–C) groups is 2. The lowest BCUT2D eigenvalue weighted by molar-refractivity contribution is -0.120. The van der Waals surface area contributed by atoms with E-state index >= 15 is 0 Å². The summed E-state index contributed by atoms with van der Waals surface area (Å²) >= 11 is 0. The minimum atomic E-state index is -0.510. The normalized spacial score (nSPS) is 18.4. The first-order valence-corrected chi connectivity index (χ1v) is 18.2. The van der Waals surface area contributed by atoms with E-state index in [1.165, 1.54) is 11.1 Å². The molecule has 0 radical (unpaired) electrons. The van der Waals surface area contributed by atoms with Crippen molar-refractivity contribution < 1.29 is 19.1 Å². The molecule has 8 heteroatoms. The molecule has 3 rings (SSSR count). The van der Waals surface area contributed by atoms with Gasteiger partial charge in [-0.25, -0.2) is 0 Å². The van der Waals surface area contributed by atoms with E-state index in [-0.39, 0.29) is 11.6 Å². The van der Waals surface area contributed by atoms with Gasteiger partial charge in [-0.1, -0.05) is 75.9 Å². The number of ether oxygens (including phenoxy) is 2. The summed E-state index contributed by atoms with van der Waals surface area (Å²) in [5, 5.41) is 0. The fourth-order valence-electron chi connectivity index (χ4n) is 6.40. The van der Waals surface area contributed by atoms with Crippen LogP contribution in [0.1, 0.15) is 90.2 Å². The first kappa shape index (κ1) is 39.1. The second-order valence-corrected chi connectivity index (χ2v) is 12.9. The average molecular weight is 661 g/mol. The smallest absolute Gasteiger partial charge is 0.186 e. The number of rotatable bonds is 22. The average Bonchev–Trinajstić information content (AvgIpc) is 3.11. The van der Waals surface area contributed by atoms with Crippen LogP contribution in [-0.2, 0) is 22.7 Å². The quantitative estimate of drug-likeness (QED) is 0.122. The molecule has 1 saturated carbocycles. The van der Waals surface area contributed by atoms with Crippen molar-refractivity contribution >= 4 is 23.0 Å². The van der Waals surface area contributed by atoms with Crippen LogP contribution in [0.5, 0.6) is 11.5 Å². The van der Waals surface area contributed by atoms with E-state index < -0.39 is 11.8 Å². The lowest BCUT2D eigenvalue weighted by Gasteiger charge is -2.25. The summed E-state index contributed by atoms with van der Waals surface area (Å²) in [5.41, 5.74) is 3.31. The van der Waals surface area contributed by atoms with Gasteiger partial charge >= 0.3 is 0 Å². The van der Waals surface area contributed by atoms with E-state index in [1.807, 2.05) is 38.1 Å². The molecule has 48 heavy (non-hydrogen) atoms. The summed E-state index contributed by atoms with van der Waals surface area (Å²) in [5.74, 6) is 0.786. The Kier molecular flexibility index (Phi) is 17.6. The summed E-state index contributed by atoms with van der Waals surface area (Å²) < 4.78 is 11.0. The molecule has 0 aromatic heterocycles. The van der Waals surface area contributed by atoms with Gasteiger partial charge in [0.2, 0.25) is 0 Å². The summed E-state index contributed by atoms with van der Waals surface area (Å²) in [4.78, 5) is 40.6. The number of hydrogen-bond acceptors (Lipinski definition) is 8. The molecule has 2 atom stereocenters. The minimum absolute atomic E-state index is 0.0366. The maximum Gasteiger partial charge on any atom is 0.186 e. The van der Waals surface area contributed by atoms with Gasteiger partial charge in [-0.3, -0.25) is 29.4 Å². The molecule has 264 valence electrons. The second-order valence-electron chi connectivity index (χ2n) is 12.9. The van der Waals surface area contributed by atoms with Crippen molar-refractivity contribution in [3.63, 3.8) is 0 Å². The van der Waals surface area contributed by atoms with Crippen molar-refractivity contribution in [1.29, 1.82) is 0 Å². The van der Waals surface area contributed by atoms with Crippen molar-refractivity contribution in [2.75, 3.05) is 53.5 Å². The highest BCUT2D eigenvalue weighted by Crippen LogP contribution is 2.22. The van der Waals surface area contributed by atoms with Gasteiger partial charge in [-0.15, -0.1) is 0 Å². The monoisotopic (exact) mass is 660 g/mol. The zero-order valence-corrected chi connectivity index (χ0v) is 30.5. The van der Waals surface area contributed by atoms with Gasteiger partial charge in [0.25, 0.3) is 0 Å². The SMILES string of the molecule is CCN(CCCCCCN=C1C(=O)C(C)C(=NCCCCCCN(CC)Cc2ccccc2OC)C(=O)C1C)Cc1ccccc1OC. The van der Waals surface area contributed by atoms with Crippen LogP contribution in [0, 0.1) is 11.8 Å². The number of hydrogen-bond donors (Lipinski definition) is 0. The Morgan fingerprint density at radius 2 is 0.958 bits per heavy atom. The molecule has 0 aliphatic heterocycles. The second kappa shape index (κ2) is 21.6. The Balaban J connectivity index is 1.34. The van der Waals surface area contributed by atoms with Crippen molar-refractivity contribution in [1.82, 2.24) is 9.80 Å². The summed E-state index contributed by atoms with van der Waals surface area (Å²) in [7, 11) is 3.44. The Labute approximate surface area is 290 Å². The Bertz CT molecular complexity index is 1240. The largest absolute Gasteiger partial charge is 0.496 e. The van der Waals surface area contributed by atoms with E-state index in [2.05, 4.69) is 57.9 Å². The van der Waals surface area contributed by atoms with E-state index in [1.54, 1.807) is 14.2 Å². The van der Waals surface area contributed by atoms with Crippen LogP contribution in [0.4, 0.5) is 0 Å². The van der Waals surface area contributed by atoms with Gasteiger partial charge < -0.3 is 9.47 Å². The van der Waals surface area contributed by atoms with Crippen LogP contribution in [0.25, 0.3) is 0 Å². The molecule has 2 aromatic carbocycles. The van der Waals surface area contributed by atoms with Crippen molar-refractivity contribution in [2.45, 2.75) is 92.2 Å². The third-order valence-corrected chi connectivity index (χ3v) is 9.51. The van der Waals surface area contributed by atoms with Crippen molar-refractivity contribution in [2.24, 2.45) is 21.8 Å². The maximum absolute atomic E-state index is 13.2.